The second-order valence-electron chi connectivity index (χ2n) is 3.29. The van der Waals surface area contributed by atoms with E-state index in [-0.39, 0.29) is 6.04 Å². The number of aliphatic hydroxyl groups excluding tert-OH is 1. The molecular weight excluding hydrogens is 230 g/mol. The van der Waals surface area contributed by atoms with E-state index < -0.39 is 6.10 Å². The number of aliphatic hydroxyl groups is 1. The molecule has 72 valence electrons. The quantitative estimate of drug-likeness (QED) is 0.837. The summed E-state index contributed by atoms with van der Waals surface area (Å²) >= 11 is 3.42. The van der Waals surface area contributed by atoms with Crippen LogP contribution in [-0.2, 0) is 0 Å². The minimum absolute atomic E-state index is 0.324. The Hall–Kier alpha value is -0.380. The van der Waals surface area contributed by atoms with Gasteiger partial charge in [0, 0.05) is 4.47 Å². The summed E-state index contributed by atoms with van der Waals surface area (Å²) in [5.74, 6) is 0. The van der Waals surface area contributed by atoms with E-state index in [9.17, 15) is 5.11 Å². The second kappa shape index (κ2) is 4.22. The van der Waals surface area contributed by atoms with Gasteiger partial charge in [-0.3, -0.25) is 0 Å². The molecule has 1 rings (SSSR count). The van der Waals surface area contributed by atoms with Gasteiger partial charge >= 0.3 is 0 Å². The monoisotopic (exact) mass is 243 g/mol. The molecule has 0 aliphatic rings. The topological polar surface area (TPSA) is 46.2 Å². The van der Waals surface area contributed by atoms with Crippen LogP contribution in [0.4, 0.5) is 0 Å². The summed E-state index contributed by atoms with van der Waals surface area (Å²) in [4.78, 5) is 0. The maximum absolute atomic E-state index is 9.32. The normalized spacial score (nSPS) is 15.5. The van der Waals surface area contributed by atoms with Crippen LogP contribution in [0, 0.1) is 6.92 Å². The van der Waals surface area contributed by atoms with Gasteiger partial charge in [0.25, 0.3) is 0 Å². The van der Waals surface area contributed by atoms with E-state index in [0.29, 0.717) is 0 Å². The molecule has 1 aromatic carbocycles. The smallest absolute Gasteiger partial charge is 0.0705 e. The van der Waals surface area contributed by atoms with Crippen molar-refractivity contribution in [2.75, 3.05) is 0 Å². The van der Waals surface area contributed by atoms with Gasteiger partial charge < -0.3 is 10.8 Å². The molecule has 0 aliphatic carbocycles. The Bertz CT molecular complexity index is 299. The van der Waals surface area contributed by atoms with Crippen LogP contribution in [0.25, 0.3) is 0 Å². The summed E-state index contributed by atoms with van der Waals surface area (Å²) in [5.41, 5.74) is 7.93. The predicted octanol–water partition coefficient (Wildman–Crippen LogP) is 2.14. The van der Waals surface area contributed by atoms with E-state index in [1.54, 1.807) is 6.92 Å². The van der Waals surface area contributed by atoms with Gasteiger partial charge in [0.1, 0.15) is 0 Å². The van der Waals surface area contributed by atoms with Crippen molar-refractivity contribution in [3.63, 3.8) is 0 Å². The fourth-order valence-electron chi connectivity index (χ4n) is 1.16. The summed E-state index contributed by atoms with van der Waals surface area (Å²) < 4.78 is 0.959. The molecule has 0 heterocycles. The predicted molar refractivity (Wildman–Crippen MR) is 57.5 cm³/mol. The number of hydrogen-bond acceptors (Lipinski definition) is 2. The zero-order valence-corrected chi connectivity index (χ0v) is 9.38. The standard InChI is InChI=1S/C10H14BrNO/c1-6-3-4-8(9(11)5-6)10(12)7(2)13/h3-5,7,10,13H,12H2,1-2H3/t7?,10-/m1/s1. The van der Waals surface area contributed by atoms with E-state index in [4.69, 9.17) is 5.73 Å². The van der Waals surface area contributed by atoms with Crippen molar-refractivity contribution in [2.24, 2.45) is 5.73 Å². The maximum atomic E-state index is 9.32. The van der Waals surface area contributed by atoms with E-state index in [1.807, 2.05) is 25.1 Å². The van der Waals surface area contributed by atoms with Gasteiger partial charge in [0.15, 0.2) is 0 Å². The third kappa shape index (κ3) is 2.53. The van der Waals surface area contributed by atoms with Crippen LogP contribution in [0.5, 0.6) is 0 Å². The average molecular weight is 244 g/mol. The molecule has 0 radical (unpaired) electrons. The number of rotatable bonds is 2. The maximum Gasteiger partial charge on any atom is 0.0705 e. The Kier molecular flexibility index (Phi) is 3.47. The Morgan fingerprint density at radius 2 is 2.08 bits per heavy atom. The van der Waals surface area contributed by atoms with E-state index in [1.165, 1.54) is 5.56 Å². The SMILES string of the molecule is Cc1ccc([C@H](N)C(C)O)c(Br)c1. The lowest BCUT2D eigenvalue weighted by atomic mass is 10.0. The lowest BCUT2D eigenvalue weighted by molar-refractivity contribution is 0.164. The average Bonchev–Trinajstić information content (AvgIpc) is 2.03. The van der Waals surface area contributed by atoms with Crippen molar-refractivity contribution < 1.29 is 5.11 Å². The van der Waals surface area contributed by atoms with Gasteiger partial charge in [-0.1, -0.05) is 28.1 Å². The summed E-state index contributed by atoms with van der Waals surface area (Å²) in [5, 5.41) is 9.32. The fraction of sp³-hybridized carbons (Fsp3) is 0.400. The van der Waals surface area contributed by atoms with Gasteiger partial charge in [0.05, 0.1) is 12.1 Å². The number of aryl methyl sites for hydroxylation is 1. The first-order valence-corrected chi connectivity index (χ1v) is 5.01. The molecular formula is C10H14BrNO. The van der Waals surface area contributed by atoms with Crippen LogP contribution in [0.1, 0.15) is 24.1 Å². The summed E-state index contributed by atoms with van der Waals surface area (Å²) in [7, 11) is 0. The lowest BCUT2D eigenvalue weighted by Gasteiger charge is -2.16. The zero-order chi connectivity index (χ0) is 10.0. The number of benzene rings is 1. The Labute approximate surface area is 86.9 Å². The van der Waals surface area contributed by atoms with Crippen molar-refractivity contribution in [3.05, 3.63) is 33.8 Å². The zero-order valence-electron chi connectivity index (χ0n) is 7.79. The number of hydrogen-bond donors (Lipinski definition) is 2. The van der Waals surface area contributed by atoms with Gasteiger partial charge in [-0.15, -0.1) is 0 Å². The second-order valence-corrected chi connectivity index (χ2v) is 4.15. The van der Waals surface area contributed by atoms with Crippen molar-refractivity contribution in [2.45, 2.75) is 26.0 Å². The van der Waals surface area contributed by atoms with Crippen LogP contribution in [0.15, 0.2) is 22.7 Å². The fourth-order valence-corrected chi connectivity index (χ4v) is 1.92. The minimum Gasteiger partial charge on any atom is -0.391 e. The van der Waals surface area contributed by atoms with Gasteiger partial charge in [-0.05, 0) is 31.0 Å². The highest BCUT2D eigenvalue weighted by molar-refractivity contribution is 9.10. The molecule has 2 atom stereocenters. The molecule has 0 fully saturated rings. The number of nitrogens with two attached hydrogens (primary N) is 1. The van der Waals surface area contributed by atoms with Gasteiger partial charge in [-0.25, -0.2) is 0 Å². The Balaban J connectivity index is 3.01. The molecule has 0 saturated carbocycles. The Morgan fingerprint density at radius 3 is 2.54 bits per heavy atom. The summed E-state index contributed by atoms with van der Waals surface area (Å²) in [6.07, 6.45) is -0.529. The highest BCUT2D eigenvalue weighted by Crippen LogP contribution is 2.24. The first-order valence-electron chi connectivity index (χ1n) is 4.22. The third-order valence-electron chi connectivity index (χ3n) is 2.03. The molecule has 0 aliphatic heterocycles. The first kappa shape index (κ1) is 10.7. The van der Waals surface area contributed by atoms with Crippen LogP contribution in [-0.4, -0.2) is 11.2 Å². The van der Waals surface area contributed by atoms with Crippen molar-refractivity contribution in [3.8, 4) is 0 Å². The van der Waals surface area contributed by atoms with Gasteiger partial charge in [-0.2, -0.15) is 0 Å². The molecule has 0 aromatic heterocycles. The van der Waals surface area contributed by atoms with Crippen LogP contribution in [0.3, 0.4) is 0 Å². The summed E-state index contributed by atoms with van der Waals surface area (Å²) in [6.45, 7) is 3.71. The molecule has 1 aromatic rings. The van der Waals surface area contributed by atoms with Crippen LogP contribution >= 0.6 is 15.9 Å². The molecule has 0 saturated heterocycles. The highest BCUT2D eigenvalue weighted by Gasteiger charge is 2.14. The molecule has 2 nitrogen and oxygen atoms in total. The highest BCUT2D eigenvalue weighted by atomic mass is 79.9. The van der Waals surface area contributed by atoms with Crippen molar-refractivity contribution in [1.82, 2.24) is 0 Å². The number of halogens is 1. The Morgan fingerprint density at radius 1 is 1.46 bits per heavy atom. The minimum atomic E-state index is -0.529. The third-order valence-corrected chi connectivity index (χ3v) is 2.72. The van der Waals surface area contributed by atoms with E-state index in [0.717, 1.165) is 10.0 Å². The molecule has 3 N–H and O–H groups in total. The molecule has 0 amide bonds. The summed E-state index contributed by atoms with van der Waals surface area (Å²) in [6, 6.07) is 5.60. The first-order chi connectivity index (χ1) is 6.02. The largest absolute Gasteiger partial charge is 0.391 e. The molecule has 3 heteroatoms. The molecule has 13 heavy (non-hydrogen) atoms. The van der Waals surface area contributed by atoms with Crippen LogP contribution < -0.4 is 5.73 Å². The van der Waals surface area contributed by atoms with E-state index >= 15 is 0 Å². The van der Waals surface area contributed by atoms with E-state index in [2.05, 4.69) is 15.9 Å². The van der Waals surface area contributed by atoms with Gasteiger partial charge in [0.2, 0.25) is 0 Å². The van der Waals surface area contributed by atoms with Crippen LogP contribution in [0.2, 0.25) is 0 Å². The molecule has 1 unspecified atom stereocenters. The van der Waals surface area contributed by atoms with Crippen molar-refractivity contribution >= 4 is 15.9 Å². The lowest BCUT2D eigenvalue weighted by Crippen LogP contribution is -2.23. The van der Waals surface area contributed by atoms with Crippen molar-refractivity contribution in [1.29, 1.82) is 0 Å². The molecule has 0 bridgehead atoms. The molecule has 0 spiro atoms.